The molecule has 0 bridgehead atoms. The second-order valence-electron chi connectivity index (χ2n) is 9.58. The molecule has 0 fully saturated rings. The number of hydrogen-bond acceptors (Lipinski definition) is 9. The molecule has 0 saturated heterocycles. The summed E-state index contributed by atoms with van der Waals surface area (Å²) in [6.45, 7) is 5.19. The van der Waals surface area contributed by atoms with Crippen molar-refractivity contribution in [2.75, 3.05) is 41.2 Å². The van der Waals surface area contributed by atoms with Crippen molar-refractivity contribution >= 4 is 17.9 Å². The fourth-order valence-electron chi connectivity index (χ4n) is 4.34. The topological polar surface area (TPSA) is 107 Å². The van der Waals surface area contributed by atoms with E-state index in [-0.39, 0.29) is 19.8 Å². The number of benzene rings is 3. The molecule has 0 radical (unpaired) electrons. The molecule has 9 nitrogen and oxygen atoms in total. The van der Waals surface area contributed by atoms with Crippen molar-refractivity contribution in [1.29, 1.82) is 0 Å². The molecule has 41 heavy (non-hydrogen) atoms. The Hall–Kier alpha value is -4.53. The standard InChI is InChI=1S/C32H36O9/c1-20-7-9-27(39-17-29(33)36-4)23(11-20)15-25-13-22(3)14-26(32(25)41-19-31(35)38-6)16-24-12-21(2)8-10-28(24)40-18-30(34)37-5/h7-14H,15-19H2,1-6H3. The lowest BCUT2D eigenvalue weighted by atomic mass is 9.93. The van der Waals surface area contributed by atoms with Gasteiger partial charge < -0.3 is 28.4 Å². The molecule has 0 aliphatic heterocycles. The lowest BCUT2D eigenvalue weighted by Crippen LogP contribution is -2.16. The van der Waals surface area contributed by atoms with Crippen LogP contribution in [-0.4, -0.2) is 59.1 Å². The number of esters is 3. The van der Waals surface area contributed by atoms with Gasteiger partial charge in [0.15, 0.2) is 19.8 Å². The van der Waals surface area contributed by atoms with Gasteiger partial charge in [-0.25, -0.2) is 14.4 Å². The van der Waals surface area contributed by atoms with Crippen molar-refractivity contribution in [2.24, 2.45) is 0 Å². The Balaban J connectivity index is 2.05. The predicted octanol–water partition coefficient (Wildman–Crippen LogP) is 4.45. The zero-order valence-electron chi connectivity index (χ0n) is 24.3. The molecule has 0 unspecified atom stereocenters. The highest BCUT2D eigenvalue weighted by atomic mass is 16.6. The van der Waals surface area contributed by atoms with Crippen molar-refractivity contribution in [3.63, 3.8) is 0 Å². The molecule has 3 aromatic rings. The average Bonchev–Trinajstić information content (AvgIpc) is 2.95. The molecule has 3 aromatic carbocycles. The number of ether oxygens (including phenoxy) is 6. The third-order valence-corrected chi connectivity index (χ3v) is 6.29. The summed E-state index contributed by atoms with van der Waals surface area (Å²) in [6.07, 6.45) is 0.811. The summed E-state index contributed by atoms with van der Waals surface area (Å²) >= 11 is 0. The van der Waals surface area contributed by atoms with Gasteiger partial charge in [0.2, 0.25) is 0 Å². The quantitative estimate of drug-likeness (QED) is 0.220. The van der Waals surface area contributed by atoms with E-state index >= 15 is 0 Å². The predicted molar refractivity (Wildman–Crippen MR) is 152 cm³/mol. The highest BCUT2D eigenvalue weighted by molar-refractivity contribution is 5.72. The summed E-state index contributed by atoms with van der Waals surface area (Å²) in [5.74, 6) is 0.125. The van der Waals surface area contributed by atoms with Crippen LogP contribution in [0.3, 0.4) is 0 Å². The first-order chi connectivity index (χ1) is 19.6. The van der Waals surface area contributed by atoms with Crippen LogP contribution in [0, 0.1) is 20.8 Å². The zero-order valence-corrected chi connectivity index (χ0v) is 24.3. The van der Waals surface area contributed by atoms with Gasteiger partial charge in [-0.2, -0.15) is 0 Å². The van der Waals surface area contributed by atoms with Gasteiger partial charge in [0.25, 0.3) is 0 Å². The van der Waals surface area contributed by atoms with Gasteiger partial charge in [0, 0.05) is 12.8 Å². The Morgan fingerprint density at radius 3 is 1.27 bits per heavy atom. The van der Waals surface area contributed by atoms with Gasteiger partial charge in [-0.3, -0.25) is 0 Å². The van der Waals surface area contributed by atoms with E-state index in [1.807, 2.05) is 69.3 Å². The zero-order chi connectivity index (χ0) is 29.9. The van der Waals surface area contributed by atoms with Crippen molar-refractivity contribution < 1.29 is 42.8 Å². The van der Waals surface area contributed by atoms with Crippen molar-refractivity contribution in [1.82, 2.24) is 0 Å². The highest BCUT2D eigenvalue weighted by Crippen LogP contribution is 2.34. The molecule has 3 rings (SSSR count). The summed E-state index contributed by atoms with van der Waals surface area (Å²) in [5, 5.41) is 0. The van der Waals surface area contributed by atoms with Crippen LogP contribution in [0.15, 0.2) is 48.5 Å². The molecular weight excluding hydrogens is 528 g/mol. The minimum atomic E-state index is -0.516. The molecule has 0 N–H and O–H groups in total. The van der Waals surface area contributed by atoms with E-state index in [9.17, 15) is 14.4 Å². The molecule has 0 heterocycles. The minimum absolute atomic E-state index is 0.223. The smallest absolute Gasteiger partial charge is 0.343 e. The first-order valence-corrected chi connectivity index (χ1v) is 13.0. The van der Waals surface area contributed by atoms with Crippen LogP contribution >= 0.6 is 0 Å². The maximum atomic E-state index is 12.1. The van der Waals surface area contributed by atoms with Gasteiger partial charge in [0.05, 0.1) is 21.3 Å². The molecule has 0 aliphatic carbocycles. The van der Waals surface area contributed by atoms with Gasteiger partial charge in [0.1, 0.15) is 17.2 Å². The van der Waals surface area contributed by atoms with Crippen LogP contribution in [0.2, 0.25) is 0 Å². The van der Waals surface area contributed by atoms with Gasteiger partial charge >= 0.3 is 17.9 Å². The second-order valence-corrected chi connectivity index (χ2v) is 9.58. The van der Waals surface area contributed by atoms with E-state index in [4.69, 9.17) is 28.4 Å². The second kappa shape index (κ2) is 14.7. The highest BCUT2D eigenvalue weighted by Gasteiger charge is 2.19. The van der Waals surface area contributed by atoms with Gasteiger partial charge in [-0.1, -0.05) is 53.1 Å². The number of methoxy groups -OCH3 is 3. The van der Waals surface area contributed by atoms with Crippen LogP contribution in [0.5, 0.6) is 17.2 Å². The SMILES string of the molecule is COC(=O)COc1ccc(C)cc1Cc1cc(C)cc(Cc2cc(C)ccc2OCC(=O)OC)c1OCC(=O)OC. The number of carbonyl (C=O) groups excluding carboxylic acids is 3. The third kappa shape index (κ3) is 8.99. The Morgan fingerprint density at radius 1 is 0.512 bits per heavy atom. The third-order valence-electron chi connectivity index (χ3n) is 6.29. The Kier molecular flexibility index (Phi) is 11.1. The molecule has 0 atom stereocenters. The maximum Gasteiger partial charge on any atom is 0.343 e. The van der Waals surface area contributed by atoms with Crippen LogP contribution in [0.4, 0.5) is 0 Å². The Morgan fingerprint density at radius 2 is 0.878 bits per heavy atom. The fourth-order valence-corrected chi connectivity index (χ4v) is 4.34. The van der Waals surface area contributed by atoms with Crippen molar-refractivity contribution in [2.45, 2.75) is 33.6 Å². The van der Waals surface area contributed by atoms with Crippen molar-refractivity contribution in [3.8, 4) is 17.2 Å². The first kappa shape index (κ1) is 31.0. The summed E-state index contributed by atoms with van der Waals surface area (Å²) < 4.78 is 31.9. The summed E-state index contributed by atoms with van der Waals surface area (Å²) in [5.41, 5.74) is 6.33. The van der Waals surface area contributed by atoms with Crippen LogP contribution in [-0.2, 0) is 41.4 Å². The molecule has 9 heteroatoms. The van der Waals surface area contributed by atoms with Crippen LogP contribution < -0.4 is 14.2 Å². The average molecular weight is 565 g/mol. The molecule has 0 aliphatic rings. The lowest BCUT2D eigenvalue weighted by molar-refractivity contribution is -0.143. The van der Waals surface area contributed by atoms with E-state index in [1.165, 1.54) is 21.3 Å². The monoisotopic (exact) mass is 564 g/mol. The number of aryl methyl sites for hydroxylation is 3. The molecule has 0 saturated carbocycles. The minimum Gasteiger partial charge on any atom is -0.482 e. The van der Waals surface area contributed by atoms with E-state index in [0.29, 0.717) is 30.1 Å². The maximum absolute atomic E-state index is 12.1. The summed E-state index contributed by atoms with van der Waals surface area (Å²) in [7, 11) is 3.92. The Bertz CT molecular complexity index is 1300. The molecular formula is C32H36O9. The van der Waals surface area contributed by atoms with E-state index < -0.39 is 17.9 Å². The molecule has 218 valence electrons. The lowest BCUT2D eigenvalue weighted by Gasteiger charge is -2.19. The van der Waals surface area contributed by atoms with E-state index in [2.05, 4.69) is 0 Å². The largest absolute Gasteiger partial charge is 0.482 e. The molecule has 0 aromatic heterocycles. The first-order valence-electron chi connectivity index (χ1n) is 13.0. The fraction of sp³-hybridized carbons (Fsp3) is 0.344. The van der Waals surface area contributed by atoms with Gasteiger partial charge in [-0.05, 0) is 55.2 Å². The van der Waals surface area contributed by atoms with E-state index in [1.54, 1.807) is 0 Å². The Labute approximate surface area is 240 Å². The summed E-state index contributed by atoms with van der Waals surface area (Å²) in [6, 6.07) is 15.4. The summed E-state index contributed by atoms with van der Waals surface area (Å²) in [4.78, 5) is 35.5. The molecule has 0 amide bonds. The van der Waals surface area contributed by atoms with Crippen LogP contribution in [0.25, 0.3) is 0 Å². The van der Waals surface area contributed by atoms with Crippen molar-refractivity contribution in [3.05, 3.63) is 87.5 Å². The number of rotatable bonds is 13. The van der Waals surface area contributed by atoms with Gasteiger partial charge in [-0.15, -0.1) is 0 Å². The number of hydrogen-bond donors (Lipinski definition) is 0. The van der Waals surface area contributed by atoms with E-state index in [0.717, 1.165) is 38.9 Å². The molecule has 0 spiro atoms. The normalized spacial score (nSPS) is 10.5. The van der Waals surface area contributed by atoms with Crippen LogP contribution in [0.1, 0.15) is 38.9 Å². The number of carbonyl (C=O) groups is 3.